The molecular weight excluding hydrogens is 384 g/mol. The molecule has 2 heterocycles. The Balaban J connectivity index is 1.99. The van der Waals surface area contributed by atoms with E-state index in [0.29, 0.717) is 11.6 Å². The van der Waals surface area contributed by atoms with Crippen molar-refractivity contribution in [2.75, 3.05) is 25.1 Å². The van der Waals surface area contributed by atoms with Gasteiger partial charge in [0.05, 0.1) is 29.9 Å². The Hall–Kier alpha value is -2.71. The molecule has 0 N–H and O–H groups in total. The third-order valence-corrected chi connectivity index (χ3v) is 5.82. The van der Waals surface area contributed by atoms with Crippen molar-refractivity contribution in [2.45, 2.75) is 40.0 Å². The fourth-order valence-electron chi connectivity index (χ4n) is 4.09. The van der Waals surface area contributed by atoms with E-state index in [4.69, 9.17) is 26.4 Å². The van der Waals surface area contributed by atoms with Crippen molar-refractivity contribution in [3.8, 4) is 28.7 Å². The van der Waals surface area contributed by atoms with Crippen LogP contribution < -0.4 is 9.64 Å². The Bertz CT molecular complexity index is 1140. The molecule has 0 saturated carbocycles. The van der Waals surface area contributed by atoms with Gasteiger partial charge < -0.3 is 9.64 Å². The summed E-state index contributed by atoms with van der Waals surface area (Å²) in [5.41, 5.74) is 6.13. The summed E-state index contributed by atoms with van der Waals surface area (Å²) in [4.78, 5) is 7.33. The number of fused-ring (bicyclic) bond motifs is 2. The van der Waals surface area contributed by atoms with E-state index < -0.39 is 0 Å². The first kappa shape index (κ1) is 19.6. The second-order valence-corrected chi connectivity index (χ2v) is 7.60. The lowest BCUT2D eigenvalue weighted by Gasteiger charge is -2.24. The largest absolute Gasteiger partial charge is 0.497 e. The van der Waals surface area contributed by atoms with Crippen molar-refractivity contribution in [2.24, 2.45) is 0 Å². The van der Waals surface area contributed by atoms with Crippen LogP contribution in [0.3, 0.4) is 0 Å². The zero-order chi connectivity index (χ0) is 20.5. The molecule has 150 valence electrons. The number of ether oxygens (including phenoxy) is 1. The molecule has 0 atom stereocenters. The highest BCUT2D eigenvalue weighted by Gasteiger charge is 2.27. The highest BCUT2D eigenvalue weighted by atomic mass is 35.5. The van der Waals surface area contributed by atoms with Gasteiger partial charge in [-0.15, -0.1) is 5.92 Å². The molecule has 0 radical (unpaired) electrons. The molecule has 0 unspecified atom stereocenters. The highest BCUT2D eigenvalue weighted by Crippen LogP contribution is 2.39. The molecular formula is C23H25ClN4O. The lowest BCUT2D eigenvalue weighted by molar-refractivity contribution is 0.415. The van der Waals surface area contributed by atoms with Gasteiger partial charge in [-0.1, -0.05) is 17.5 Å². The van der Waals surface area contributed by atoms with Crippen molar-refractivity contribution in [3.63, 3.8) is 0 Å². The first-order valence-corrected chi connectivity index (χ1v) is 10.4. The minimum Gasteiger partial charge on any atom is -0.497 e. The van der Waals surface area contributed by atoms with Crippen LogP contribution in [0.2, 0.25) is 5.02 Å². The lowest BCUT2D eigenvalue weighted by Crippen LogP contribution is -2.27. The van der Waals surface area contributed by atoms with Crippen LogP contribution in [0.5, 0.6) is 5.75 Å². The summed E-state index contributed by atoms with van der Waals surface area (Å²) < 4.78 is 7.30. The van der Waals surface area contributed by atoms with Crippen LogP contribution in [0.25, 0.3) is 16.8 Å². The fourth-order valence-corrected chi connectivity index (χ4v) is 4.36. The van der Waals surface area contributed by atoms with Gasteiger partial charge in [-0.2, -0.15) is 9.61 Å². The average Bonchev–Trinajstić information content (AvgIpc) is 3.31. The zero-order valence-corrected chi connectivity index (χ0v) is 18.1. The van der Waals surface area contributed by atoms with Crippen molar-refractivity contribution >= 4 is 23.1 Å². The molecule has 0 saturated heterocycles. The predicted molar refractivity (Wildman–Crippen MR) is 118 cm³/mol. The summed E-state index contributed by atoms with van der Waals surface area (Å²) in [6, 6.07) is 5.75. The minimum absolute atomic E-state index is 0.635. The van der Waals surface area contributed by atoms with Gasteiger partial charge in [0, 0.05) is 23.4 Å². The summed E-state index contributed by atoms with van der Waals surface area (Å²) in [6.07, 6.45) is 3.15. The molecule has 0 amide bonds. The molecule has 1 aliphatic rings. The smallest absolute Gasteiger partial charge is 0.165 e. The van der Waals surface area contributed by atoms with Crippen LogP contribution in [0.15, 0.2) is 18.2 Å². The topological polar surface area (TPSA) is 42.7 Å². The van der Waals surface area contributed by atoms with E-state index in [1.165, 1.54) is 11.3 Å². The number of aryl methyl sites for hydroxylation is 2. The van der Waals surface area contributed by atoms with Gasteiger partial charge in [0.25, 0.3) is 0 Å². The van der Waals surface area contributed by atoms with Crippen LogP contribution in [0, 0.1) is 18.8 Å². The number of nitrogens with zero attached hydrogens (tertiary/aromatic N) is 4. The van der Waals surface area contributed by atoms with E-state index in [1.807, 2.05) is 36.6 Å². The van der Waals surface area contributed by atoms with E-state index in [-0.39, 0.29) is 0 Å². The molecule has 0 aliphatic heterocycles. The molecule has 1 aromatic carbocycles. The Morgan fingerprint density at radius 2 is 2.14 bits per heavy atom. The maximum absolute atomic E-state index is 6.61. The summed E-state index contributed by atoms with van der Waals surface area (Å²) in [6.45, 7) is 7.58. The summed E-state index contributed by atoms with van der Waals surface area (Å²) in [5.74, 6) is 8.07. The van der Waals surface area contributed by atoms with Crippen molar-refractivity contribution in [1.82, 2.24) is 14.6 Å². The molecule has 4 rings (SSSR count). The van der Waals surface area contributed by atoms with Crippen LogP contribution in [0.1, 0.15) is 37.2 Å². The number of halogens is 1. The summed E-state index contributed by atoms with van der Waals surface area (Å²) >= 11 is 6.61. The molecule has 5 nitrogen and oxygen atoms in total. The molecule has 6 heteroatoms. The molecule has 2 aromatic heterocycles. The SMILES string of the molecule is CC#CCN(CC)c1c2c(nc3c(-c4ccc(OC)cc4Cl)c(C)nn13)CCC2. The van der Waals surface area contributed by atoms with E-state index in [2.05, 4.69) is 23.7 Å². The number of methoxy groups -OCH3 is 1. The van der Waals surface area contributed by atoms with Crippen LogP contribution in [-0.2, 0) is 12.8 Å². The Morgan fingerprint density at radius 3 is 2.83 bits per heavy atom. The van der Waals surface area contributed by atoms with Crippen molar-refractivity contribution in [3.05, 3.63) is 40.2 Å². The second kappa shape index (κ2) is 7.96. The van der Waals surface area contributed by atoms with E-state index in [1.54, 1.807) is 7.11 Å². The van der Waals surface area contributed by atoms with Gasteiger partial charge in [0.2, 0.25) is 0 Å². The third-order valence-electron chi connectivity index (χ3n) is 5.51. The predicted octanol–water partition coefficient (Wildman–Crippen LogP) is 4.71. The second-order valence-electron chi connectivity index (χ2n) is 7.20. The van der Waals surface area contributed by atoms with E-state index in [9.17, 15) is 0 Å². The Morgan fingerprint density at radius 1 is 1.31 bits per heavy atom. The maximum Gasteiger partial charge on any atom is 0.165 e. The van der Waals surface area contributed by atoms with E-state index in [0.717, 1.165) is 59.8 Å². The highest BCUT2D eigenvalue weighted by molar-refractivity contribution is 6.33. The standard InChI is InChI=1S/C23H25ClN4O/c1-5-7-13-27(6-2)23-18-9-8-10-20(18)25-22-21(15(3)26-28(22)23)17-12-11-16(29-4)14-19(17)24/h11-12,14H,6,8-10,13H2,1-4H3. The summed E-state index contributed by atoms with van der Waals surface area (Å²) in [7, 11) is 1.64. The molecule has 0 bridgehead atoms. The molecule has 1 aliphatic carbocycles. The molecule has 29 heavy (non-hydrogen) atoms. The van der Waals surface area contributed by atoms with Crippen molar-refractivity contribution in [1.29, 1.82) is 0 Å². The minimum atomic E-state index is 0.635. The zero-order valence-electron chi connectivity index (χ0n) is 17.3. The van der Waals surface area contributed by atoms with Gasteiger partial charge in [-0.05, 0) is 58.2 Å². The van der Waals surface area contributed by atoms with Gasteiger partial charge in [-0.3, -0.25) is 0 Å². The molecule has 3 aromatic rings. The number of anilines is 1. The van der Waals surface area contributed by atoms with E-state index >= 15 is 0 Å². The monoisotopic (exact) mass is 408 g/mol. The van der Waals surface area contributed by atoms with Gasteiger partial charge in [0.1, 0.15) is 11.6 Å². The lowest BCUT2D eigenvalue weighted by atomic mass is 10.1. The first-order valence-electron chi connectivity index (χ1n) is 9.98. The fraction of sp³-hybridized carbons (Fsp3) is 0.391. The number of hydrogen-bond acceptors (Lipinski definition) is 4. The van der Waals surface area contributed by atoms with Gasteiger partial charge in [-0.25, -0.2) is 4.98 Å². The van der Waals surface area contributed by atoms with Crippen LogP contribution in [0.4, 0.5) is 5.82 Å². The van der Waals surface area contributed by atoms with Crippen LogP contribution in [-0.4, -0.2) is 34.8 Å². The number of rotatable bonds is 5. The number of aromatic nitrogens is 3. The quantitative estimate of drug-likeness (QED) is 0.573. The summed E-state index contributed by atoms with van der Waals surface area (Å²) in [5, 5.41) is 5.54. The van der Waals surface area contributed by atoms with Gasteiger partial charge in [0.15, 0.2) is 5.65 Å². The number of hydrogen-bond donors (Lipinski definition) is 0. The number of benzene rings is 1. The Labute approximate surface area is 176 Å². The maximum atomic E-state index is 6.61. The molecule has 0 fully saturated rings. The van der Waals surface area contributed by atoms with Crippen LogP contribution >= 0.6 is 11.6 Å². The average molecular weight is 409 g/mol. The van der Waals surface area contributed by atoms with Crippen molar-refractivity contribution < 1.29 is 4.74 Å². The van der Waals surface area contributed by atoms with Gasteiger partial charge >= 0.3 is 0 Å². The Kier molecular flexibility index (Phi) is 5.38. The third kappa shape index (κ3) is 3.32. The first-order chi connectivity index (χ1) is 14.1. The molecule has 0 spiro atoms. The normalized spacial score (nSPS) is 12.6.